The van der Waals surface area contributed by atoms with Gasteiger partial charge in [0.1, 0.15) is 5.92 Å². The maximum atomic E-state index is 8.64. The highest BCUT2D eigenvalue weighted by Gasteiger charge is 2.09. The van der Waals surface area contributed by atoms with Gasteiger partial charge in [0.05, 0.1) is 12.1 Å². The molecule has 0 fully saturated rings. The average molecular weight is 217 g/mol. The first-order chi connectivity index (χ1) is 7.17. The van der Waals surface area contributed by atoms with E-state index in [-0.39, 0.29) is 0 Å². The number of nitrogens with zero attached hydrogens (tertiary/aromatic N) is 2. The van der Waals surface area contributed by atoms with Gasteiger partial charge in [-0.2, -0.15) is 10.5 Å². The molecule has 0 atom stereocenters. The first-order valence-corrected chi connectivity index (χ1v) is 4.78. The highest BCUT2D eigenvalue weighted by atomic mass is 35.5. The van der Waals surface area contributed by atoms with Crippen LogP contribution < -0.4 is 0 Å². The molecule has 0 bridgehead atoms. The number of rotatable bonds is 3. The van der Waals surface area contributed by atoms with Crippen molar-refractivity contribution >= 4 is 17.2 Å². The molecule has 0 amide bonds. The molecule has 0 aliphatic rings. The zero-order valence-electron chi connectivity index (χ0n) is 8.07. The summed E-state index contributed by atoms with van der Waals surface area (Å²) in [6.07, 6.45) is 0.355. The Morgan fingerprint density at radius 1 is 1.40 bits per heavy atom. The lowest BCUT2D eigenvalue weighted by Crippen LogP contribution is -1.94. The molecule has 0 aromatic heterocycles. The Balaban J connectivity index is 2.79. The summed E-state index contributed by atoms with van der Waals surface area (Å²) >= 11 is 5.82. The topological polar surface area (TPSA) is 47.6 Å². The van der Waals surface area contributed by atoms with Gasteiger partial charge >= 0.3 is 0 Å². The third-order valence-corrected chi connectivity index (χ3v) is 2.23. The van der Waals surface area contributed by atoms with E-state index in [0.29, 0.717) is 11.4 Å². The van der Waals surface area contributed by atoms with Crippen molar-refractivity contribution in [3.8, 4) is 12.1 Å². The van der Waals surface area contributed by atoms with Crippen LogP contribution in [-0.4, -0.2) is 0 Å². The highest BCUT2D eigenvalue weighted by Crippen LogP contribution is 2.22. The van der Waals surface area contributed by atoms with E-state index in [1.165, 1.54) is 0 Å². The molecule has 0 aliphatic heterocycles. The third kappa shape index (κ3) is 3.13. The number of benzene rings is 1. The second-order valence-electron chi connectivity index (χ2n) is 3.13. The second-order valence-corrected chi connectivity index (χ2v) is 3.57. The largest absolute Gasteiger partial charge is 0.197 e. The summed E-state index contributed by atoms with van der Waals surface area (Å²) in [5.74, 6) is -0.642. The maximum absolute atomic E-state index is 8.64. The summed E-state index contributed by atoms with van der Waals surface area (Å²) in [6.45, 7) is 3.84. The van der Waals surface area contributed by atoms with Gasteiger partial charge in [0.2, 0.25) is 0 Å². The van der Waals surface area contributed by atoms with Crippen LogP contribution in [-0.2, 0) is 0 Å². The van der Waals surface area contributed by atoms with Gasteiger partial charge in [-0.1, -0.05) is 30.3 Å². The van der Waals surface area contributed by atoms with Crippen molar-refractivity contribution in [2.75, 3.05) is 0 Å². The second kappa shape index (κ2) is 5.20. The van der Waals surface area contributed by atoms with Crippen LogP contribution in [0.1, 0.15) is 12.0 Å². The van der Waals surface area contributed by atoms with Crippen molar-refractivity contribution in [2.24, 2.45) is 5.92 Å². The van der Waals surface area contributed by atoms with Gasteiger partial charge in [-0.05, 0) is 23.3 Å². The Hall–Kier alpha value is -1.77. The lowest BCUT2D eigenvalue weighted by Gasteiger charge is -2.05. The molecule has 1 aromatic rings. The lowest BCUT2D eigenvalue weighted by atomic mass is 9.97. The fourth-order valence-electron chi connectivity index (χ4n) is 1.19. The van der Waals surface area contributed by atoms with E-state index in [1.54, 1.807) is 12.1 Å². The van der Waals surface area contributed by atoms with Crippen molar-refractivity contribution in [1.29, 1.82) is 10.5 Å². The van der Waals surface area contributed by atoms with Crippen molar-refractivity contribution in [1.82, 2.24) is 0 Å². The number of halogens is 1. The monoisotopic (exact) mass is 216 g/mol. The van der Waals surface area contributed by atoms with Crippen molar-refractivity contribution < 1.29 is 0 Å². The van der Waals surface area contributed by atoms with Crippen molar-refractivity contribution in [3.63, 3.8) is 0 Å². The fraction of sp³-hybridized carbons (Fsp3) is 0.167. The van der Waals surface area contributed by atoms with Crippen LogP contribution in [0.15, 0.2) is 30.8 Å². The lowest BCUT2D eigenvalue weighted by molar-refractivity contribution is 0.877. The first-order valence-electron chi connectivity index (χ1n) is 4.40. The molecule has 0 spiro atoms. The Kier molecular flexibility index (Phi) is 3.92. The normalized spacial score (nSPS) is 9.33. The summed E-state index contributed by atoms with van der Waals surface area (Å²) in [5.41, 5.74) is 1.63. The quantitative estimate of drug-likeness (QED) is 0.778. The molecular weight excluding hydrogens is 208 g/mol. The Bertz CT molecular complexity index is 437. The van der Waals surface area contributed by atoms with E-state index in [9.17, 15) is 0 Å². The SMILES string of the molecule is C=C(CC(C#N)C#N)c1cccc(Cl)c1. The zero-order valence-corrected chi connectivity index (χ0v) is 8.83. The minimum absolute atomic E-state index is 0.355. The summed E-state index contributed by atoms with van der Waals surface area (Å²) in [6, 6.07) is 11.0. The van der Waals surface area contributed by atoms with Crippen LogP contribution in [0.5, 0.6) is 0 Å². The predicted molar refractivity (Wildman–Crippen MR) is 59.8 cm³/mol. The smallest absolute Gasteiger partial charge is 0.137 e. The van der Waals surface area contributed by atoms with Gasteiger partial charge < -0.3 is 0 Å². The fourth-order valence-corrected chi connectivity index (χ4v) is 1.38. The van der Waals surface area contributed by atoms with Crippen molar-refractivity contribution in [3.05, 3.63) is 41.4 Å². The van der Waals surface area contributed by atoms with Gasteiger partial charge in [-0.15, -0.1) is 0 Å². The minimum Gasteiger partial charge on any atom is -0.197 e. The molecule has 0 heterocycles. The average Bonchev–Trinajstić information content (AvgIpc) is 2.25. The van der Waals surface area contributed by atoms with Crippen LogP contribution in [0.4, 0.5) is 0 Å². The number of nitriles is 2. The van der Waals surface area contributed by atoms with Gasteiger partial charge in [0.15, 0.2) is 0 Å². The molecule has 74 valence electrons. The first kappa shape index (κ1) is 11.3. The molecule has 2 nitrogen and oxygen atoms in total. The van der Waals surface area contributed by atoms with Crippen LogP contribution in [0.2, 0.25) is 5.02 Å². The van der Waals surface area contributed by atoms with Crippen LogP contribution >= 0.6 is 11.6 Å². The van der Waals surface area contributed by atoms with E-state index in [1.807, 2.05) is 24.3 Å². The van der Waals surface area contributed by atoms with Crippen LogP contribution in [0.3, 0.4) is 0 Å². The van der Waals surface area contributed by atoms with Gasteiger partial charge in [-0.25, -0.2) is 0 Å². The van der Waals surface area contributed by atoms with Gasteiger partial charge in [0, 0.05) is 11.4 Å². The molecule has 0 radical (unpaired) electrons. The predicted octanol–water partition coefficient (Wildman–Crippen LogP) is 3.41. The zero-order chi connectivity index (χ0) is 11.3. The molecule has 1 aromatic carbocycles. The van der Waals surface area contributed by atoms with Crippen molar-refractivity contribution in [2.45, 2.75) is 6.42 Å². The Morgan fingerprint density at radius 2 is 2.07 bits per heavy atom. The molecular formula is C12H9ClN2. The summed E-state index contributed by atoms with van der Waals surface area (Å²) in [4.78, 5) is 0. The molecule has 15 heavy (non-hydrogen) atoms. The minimum atomic E-state index is -0.642. The summed E-state index contributed by atoms with van der Waals surface area (Å²) in [5, 5.41) is 17.9. The summed E-state index contributed by atoms with van der Waals surface area (Å²) in [7, 11) is 0. The summed E-state index contributed by atoms with van der Waals surface area (Å²) < 4.78 is 0. The number of hydrogen-bond acceptors (Lipinski definition) is 2. The standard InChI is InChI=1S/C12H9ClN2/c1-9(5-10(7-14)8-15)11-3-2-4-12(13)6-11/h2-4,6,10H,1,5H2. The maximum Gasteiger partial charge on any atom is 0.137 e. The molecule has 0 N–H and O–H groups in total. The Morgan fingerprint density at radius 3 is 2.60 bits per heavy atom. The molecule has 0 saturated heterocycles. The van der Waals surface area contributed by atoms with E-state index in [0.717, 1.165) is 11.1 Å². The van der Waals surface area contributed by atoms with Crippen LogP contribution in [0, 0.1) is 28.6 Å². The molecule has 3 heteroatoms. The van der Waals surface area contributed by atoms with Crippen LogP contribution in [0.25, 0.3) is 5.57 Å². The Labute approximate surface area is 94.0 Å². The molecule has 0 aliphatic carbocycles. The van der Waals surface area contributed by atoms with Gasteiger partial charge in [0.25, 0.3) is 0 Å². The van der Waals surface area contributed by atoms with E-state index in [4.69, 9.17) is 22.1 Å². The molecule has 0 unspecified atom stereocenters. The van der Waals surface area contributed by atoms with E-state index < -0.39 is 5.92 Å². The highest BCUT2D eigenvalue weighted by molar-refractivity contribution is 6.30. The molecule has 1 rings (SSSR count). The third-order valence-electron chi connectivity index (χ3n) is 2.00. The van der Waals surface area contributed by atoms with Gasteiger partial charge in [-0.3, -0.25) is 0 Å². The van der Waals surface area contributed by atoms with E-state index >= 15 is 0 Å². The van der Waals surface area contributed by atoms with E-state index in [2.05, 4.69) is 6.58 Å². The number of hydrogen-bond donors (Lipinski definition) is 0. The molecule has 0 saturated carbocycles. The number of allylic oxidation sites excluding steroid dienone is 1.